The number of nitrogens with two attached hydrogens (primary N) is 1. The lowest BCUT2D eigenvalue weighted by Crippen LogP contribution is -2.20. The van der Waals surface area contributed by atoms with Gasteiger partial charge in [-0.15, -0.1) is 0 Å². The van der Waals surface area contributed by atoms with Crippen LogP contribution >= 0.6 is 0 Å². The van der Waals surface area contributed by atoms with E-state index in [-0.39, 0.29) is 6.04 Å². The fourth-order valence-electron chi connectivity index (χ4n) is 2.52. The van der Waals surface area contributed by atoms with Gasteiger partial charge in [0.1, 0.15) is 5.82 Å². The Labute approximate surface area is 121 Å². The molecule has 3 N–H and O–H groups in total. The largest absolute Gasteiger partial charge is 0.383 e. The summed E-state index contributed by atoms with van der Waals surface area (Å²) in [6.45, 7) is 6.47. The minimum atomic E-state index is 0.0740. The molecule has 106 valence electrons. The Hall–Kier alpha value is -1.87. The number of aromatic nitrogens is 1. The summed E-state index contributed by atoms with van der Waals surface area (Å²) in [4.78, 5) is 4.22. The predicted molar refractivity (Wildman–Crippen MR) is 84.8 cm³/mol. The van der Waals surface area contributed by atoms with E-state index in [9.17, 15) is 0 Å². The molecule has 0 aliphatic rings. The minimum Gasteiger partial charge on any atom is -0.383 e. The van der Waals surface area contributed by atoms with Gasteiger partial charge in [0.2, 0.25) is 0 Å². The third-order valence-electron chi connectivity index (χ3n) is 3.75. The van der Waals surface area contributed by atoms with Crippen LogP contribution in [0.4, 0.5) is 5.82 Å². The number of rotatable bonds is 4. The normalized spacial score (nSPS) is 12.7. The van der Waals surface area contributed by atoms with E-state index in [1.165, 1.54) is 11.1 Å². The molecule has 0 aliphatic heterocycles. The molecule has 1 aromatic carbocycles. The third-order valence-corrected chi connectivity index (χ3v) is 3.75. The van der Waals surface area contributed by atoms with Gasteiger partial charge in [-0.05, 0) is 42.6 Å². The Balaban J connectivity index is 2.42. The molecule has 3 nitrogen and oxygen atoms in total. The number of benzene rings is 1. The zero-order valence-electron chi connectivity index (χ0n) is 12.6. The topological polar surface area (TPSA) is 50.9 Å². The zero-order valence-corrected chi connectivity index (χ0v) is 12.6. The molecule has 2 rings (SSSR count). The lowest BCUT2D eigenvalue weighted by Gasteiger charge is -2.21. The van der Waals surface area contributed by atoms with Gasteiger partial charge in [-0.25, -0.2) is 4.98 Å². The highest BCUT2D eigenvalue weighted by Crippen LogP contribution is 2.29. The van der Waals surface area contributed by atoms with Crippen molar-refractivity contribution in [3.05, 3.63) is 58.8 Å². The van der Waals surface area contributed by atoms with Crippen LogP contribution in [0, 0.1) is 6.92 Å². The van der Waals surface area contributed by atoms with Crippen molar-refractivity contribution in [2.45, 2.75) is 32.7 Å². The Morgan fingerprint density at radius 1 is 1.05 bits per heavy atom. The fourth-order valence-corrected chi connectivity index (χ4v) is 2.52. The maximum Gasteiger partial charge on any atom is 0.128 e. The SMILES string of the molecule is CNC(c1ccc(C(C)C)cc1)c1c(C)ccnc1N. The Morgan fingerprint density at radius 3 is 2.15 bits per heavy atom. The van der Waals surface area contributed by atoms with Crippen LogP contribution in [-0.4, -0.2) is 12.0 Å². The molecule has 0 amide bonds. The van der Waals surface area contributed by atoms with E-state index in [4.69, 9.17) is 5.73 Å². The maximum atomic E-state index is 6.06. The summed E-state index contributed by atoms with van der Waals surface area (Å²) in [7, 11) is 1.95. The fraction of sp³-hybridized carbons (Fsp3) is 0.353. The van der Waals surface area contributed by atoms with E-state index in [2.05, 4.69) is 55.3 Å². The summed E-state index contributed by atoms with van der Waals surface area (Å²) < 4.78 is 0. The molecule has 0 spiro atoms. The first-order valence-electron chi connectivity index (χ1n) is 7.02. The Kier molecular flexibility index (Phi) is 4.40. The molecule has 0 saturated carbocycles. The quantitative estimate of drug-likeness (QED) is 0.894. The number of nitrogens with one attached hydrogen (secondary N) is 1. The van der Waals surface area contributed by atoms with Gasteiger partial charge in [-0.1, -0.05) is 38.1 Å². The van der Waals surface area contributed by atoms with Crippen molar-refractivity contribution in [3.8, 4) is 0 Å². The smallest absolute Gasteiger partial charge is 0.128 e. The van der Waals surface area contributed by atoms with Crippen LogP contribution in [0.5, 0.6) is 0 Å². The van der Waals surface area contributed by atoms with Gasteiger partial charge in [-0.3, -0.25) is 0 Å². The number of aryl methyl sites for hydroxylation is 1. The number of hydrogen-bond donors (Lipinski definition) is 2. The summed E-state index contributed by atoms with van der Waals surface area (Å²) in [5, 5.41) is 3.34. The number of nitrogens with zero attached hydrogens (tertiary/aromatic N) is 1. The van der Waals surface area contributed by atoms with Crippen LogP contribution in [0.3, 0.4) is 0 Å². The number of nitrogen functional groups attached to an aromatic ring is 1. The highest BCUT2D eigenvalue weighted by molar-refractivity contribution is 5.50. The first kappa shape index (κ1) is 14.5. The van der Waals surface area contributed by atoms with Crippen molar-refractivity contribution in [1.29, 1.82) is 0 Å². The second-order valence-corrected chi connectivity index (χ2v) is 5.47. The molecule has 0 fully saturated rings. The molecule has 20 heavy (non-hydrogen) atoms. The lowest BCUT2D eigenvalue weighted by atomic mass is 9.93. The van der Waals surface area contributed by atoms with E-state index < -0.39 is 0 Å². The summed E-state index contributed by atoms with van der Waals surface area (Å²) in [6.07, 6.45) is 1.75. The van der Waals surface area contributed by atoms with Gasteiger partial charge < -0.3 is 11.1 Å². The van der Waals surface area contributed by atoms with Crippen molar-refractivity contribution in [2.24, 2.45) is 0 Å². The molecule has 1 atom stereocenters. The van der Waals surface area contributed by atoms with E-state index in [1.807, 2.05) is 13.1 Å². The average molecular weight is 269 g/mol. The third kappa shape index (κ3) is 2.83. The summed E-state index contributed by atoms with van der Waals surface area (Å²) in [5.41, 5.74) is 10.8. The van der Waals surface area contributed by atoms with Crippen LogP contribution in [0.2, 0.25) is 0 Å². The van der Waals surface area contributed by atoms with E-state index >= 15 is 0 Å². The van der Waals surface area contributed by atoms with Crippen LogP contribution in [0.15, 0.2) is 36.5 Å². The standard InChI is InChI=1S/C17H23N3/c1-11(2)13-5-7-14(8-6-13)16(19-4)15-12(3)9-10-20-17(15)18/h5-11,16,19H,1-4H3,(H2,18,20). The molecule has 2 aromatic rings. The Bertz CT molecular complexity index is 553. The first-order valence-corrected chi connectivity index (χ1v) is 7.02. The molecule has 1 aromatic heterocycles. The molecule has 1 unspecified atom stereocenters. The zero-order chi connectivity index (χ0) is 14.7. The van der Waals surface area contributed by atoms with Gasteiger partial charge in [0.15, 0.2) is 0 Å². The van der Waals surface area contributed by atoms with Crippen molar-refractivity contribution in [1.82, 2.24) is 10.3 Å². The second kappa shape index (κ2) is 6.06. The molecule has 1 heterocycles. The van der Waals surface area contributed by atoms with Gasteiger partial charge in [0.25, 0.3) is 0 Å². The maximum absolute atomic E-state index is 6.06. The second-order valence-electron chi connectivity index (χ2n) is 5.47. The van der Waals surface area contributed by atoms with Crippen LogP contribution in [-0.2, 0) is 0 Å². The highest BCUT2D eigenvalue weighted by atomic mass is 14.9. The first-order chi connectivity index (χ1) is 9.54. The molecule has 0 aliphatic carbocycles. The van der Waals surface area contributed by atoms with Crippen molar-refractivity contribution >= 4 is 5.82 Å². The molecule has 3 heteroatoms. The highest BCUT2D eigenvalue weighted by Gasteiger charge is 2.17. The van der Waals surface area contributed by atoms with Crippen molar-refractivity contribution in [2.75, 3.05) is 12.8 Å². The van der Waals surface area contributed by atoms with Crippen molar-refractivity contribution < 1.29 is 0 Å². The minimum absolute atomic E-state index is 0.0740. The summed E-state index contributed by atoms with van der Waals surface area (Å²) >= 11 is 0. The van der Waals surface area contributed by atoms with Crippen LogP contribution < -0.4 is 11.1 Å². The van der Waals surface area contributed by atoms with E-state index in [1.54, 1.807) is 6.20 Å². The van der Waals surface area contributed by atoms with Crippen molar-refractivity contribution in [3.63, 3.8) is 0 Å². The summed E-state index contributed by atoms with van der Waals surface area (Å²) in [5.74, 6) is 1.14. The molecule has 0 radical (unpaired) electrons. The summed E-state index contributed by atoms with van der Waals surface area (Å²) in [6, 6.07) is 10.8. The lowest BCUT2D eigenvalue weighted by molar-refractivity contribution is 0.686. The van der Waals surface area contributed by atoms with Gasteiger partial charge in [0.05, 0.1) is 6.04 Å². The average Bonchev–Trinajstić information content (AvgIpc) is 2.43. The number of pyridine rings is 1. The number of hydrogen-bond acceptors (Lipinski definition) is 3. The molecule has 0 saturated heterocycles. The Morgan fingerprint density at radius 2 is 1.65 bits per heavy atom. The van der Waals surface area contributed by atoms with Gasteiger partial charge in [0, 0.05) is 11.8 Å². The van der Waals surface area contributed by atoms with E-state index in [0.717, 1.165) is 11.1 Å². The monoisotopic (exact) mass is 269 g/mol. The molecular weight excluding hydrogens is 246 g/mol. The van der Waals surface area contributed by atoms with Gasteiger partial charge in [-0.2, -0.15) is 0 Å². The molecular formula is C17H23N3. The molecule has 0 bridgehead atoms. The van der Waals surface area contributed by atoms with E-state index in [0.29, 0.717) is 11.7 Å². The van der Waals surface area contributed by atoms with Crippen LogP contribution in [0.1, 0.15) is 48.1 Å². The predicted octanol–water partition coefficient (Wildman–Crippen LogP) is 3.40. The number of anilines is 1. The van der Waals surface area contributed by atoms with Crippen LogP contribution in [0.25, 0.3) is 0 Å². The van der Waals surface area contributed by atoms with Gasteiger partial charge >= 0.3 is 0 Å².